The van der Waals surface area contributed by atoms with Crippen LogP contribution in [0.1, 0.15) is 24.6 Å². The molecule has 20 heavy (non-hydrogen) atoms. The summed E-state index contributed by atoms with van der Waals surface area (Å²) in [6, 6.07) is 8.30. The van der Waals surface area contributed by atoms with Crippen LogP contribution < -0.4 is 10.6 Å². The summed E-state index contributed by atoms with van der Waals surface area (Å²) in [7, 11) is 0. The highest BCUT2D eigenvalue weighted by molar-refractivity contribution is 7.19. The van der Waals surface area contributed by atoms with Crippen LogP contribution in [0.4, 0.5) is 0 Å². The van der Waals surface area contributed by atoms with Gasteiger partial charge in [0.25, 0.3) is 0 Å². The van der Waals surface area contributed by atoms with Gasteiger partial charge in [0.15, 0.2) is 0 Å². The molecule has 1 aliphatic carbocycles. The van der Waals surface area contributed by atoms with Gasteiger partial charge in [0.2, 0.25) is 5.91 Å². The van der Waals surface area contributed by atoms with E-state index in [9.17, 15) is 4.79 Å². The molecular formula is C15H17ClN2OS. The Hall–Kier alpha value is -1.10. The molecule has 3 nitrogen and oxygen atoms in total. The van der Waals surface area contributed by atoms with Gasteiger partial charge in [-0.05, 0) is 25.8 Å². The fourth-order valence-corrected chi connectivity index (χ4v) is 3.52. The monoisotopic (exact) mass is 308 g/mol. The van der Waals surface area contributed by atoms with Gasteiger partial charge < -0.3 is 10.6 Å². The van der Waals surface area contributed by atoms with Crippen molar-refractivity contribution in [3.05, 3.63) is 34.2 Å². The first kappa shape index (κ1) is 13.9. The zero-order valence-electron chi connectivity index (χ0n) is 11.3. The van der Waals surface area contributed by atoms with Gasteiger partial charge in [-0.1, -0.05) is 29.8 Å². The molecule has 1 atom stereocenters. The lowest BCUT2D eigenvalue weighted by atomic mass is 10.2. The van der Waals surface area contributed by atoms with E-state index in [-0.39, 0.29) is 11.9 Å². The standard InChI is InChI=1S/C15H17ClN2OS/c1-9(15(19)18-10-6-7-10)17-8-13-14(16)11-4-2-3-5-12(11)20-13/h2-5,9-10,17H,6-8H2,1H3,(H,18,19). The lowest BCUT2D eigenvalue weighted by molar-refractivity contribution is -0.122. The van der Waals surface area contributed by atoms with E-state index in [1.807, 2.05) is 25.1 Å². The van der Waals surface area contributed by atoms with Gasteiger partial charge in [-0.15, -0.1) is 11.3 Å². The Bertz CT molecular complexity index is 636. The number of hydrogen-bond donors (Lipinski definition) is 2. The fourth-order valence-electron chi connectivity index (χ4n) is 2.07. The predicted octanol–water partition coefficient (Wildman–Crippen LogP) is 3.31. The predicted molar refractivity (Wildman–Crippen MR) is 84.3 cm³/mol. The van der Waals surface area contributed by atoms with Gasteiger partial charge in [0.05, 0.1) is 11.1 Å². The quantitative estimate of drug-likeness (QED) is 0.889. The number of fused-ring (bicyclic) bond motifs is 1. The second kappa shape index (κ2) is 5.72. The number of nitrogens with one attached hydrogen (secondary N) is 2. The highest BCUT2D eigenvalue weighted by Crippen LogP contribution is 2.34. The molecule has 0 radical (unpaired) electrons. The van der Waals surface area contributed by atoms with E-state index in [4.69, 9.17) is 11.6 Å². The molecule has 0 aliphatic heterocycles. The molecule has 1 heterocycles. The zero-order valence-corrected chi connectivity index (χ0v) is 12.9. The van der Waals surface area contributed by atoms with Crippen LogP contribution in [0.5, 0.6) is 0 Å². The van der Waals surface area contributed by atoms with E-state index in [0.29, 0.717) is 12.6 Å². The highest BCUT2D eigenvalue weighted by atomic mass is 35.5. The maximum atomic E-state index is 11.9. The summed E-state index contributed by atoms with van der Waals surface area (Å²) < 4.78 is 1.18. The Labute approximate surface area is 127 Å². The molecule has 1 unspecified atom stereocenters. The fraction of sp³-hybridized carbons (Fsp3) is 0.400. The first-order valence-electron chi connectivity index (χ1n) is 6.85. The number of hydrogen-bond acceptors (Lipinski definition) is 3. The van der Waals surface area contributed by atoms with Gasteiger partial charge in [-0.25, -0.2) is 0 Å². The van der Waals surface area contributed by atoms with Crippen molar-refractivity contribution in [2.75, 3.05) is 0 Å². The van der Waals surface area contributed by atoms with E-state index >= 15 is 0 Å². The van der Waals surface area contributed by atoms with Crippen molar-refractivity contribution >= 4 is 38.9 Å². The summed E-state index contributed by atoms with van der Waals surface area (Å²) in [6.07, 6.45) is 2.22. The average molecular weight is 309 g/mol. The van der Waals surface area contributed by atoms with Crippen molar-refractivity contribution in [1.29, 1.82) is 0 Å². The molecule has 1 saturated carbocycles. The smallest absolute Gasteiger partial charge is 0.237 e. The summed E-state index contributed by atoms with van der Waals surface area (Å²) in [5, 5.41) is 8.14. The van der Waals surface area contributed by atoms with Gasteiger partial charge in [0, 0.05) is 27.5 Å². The number of halogens is 1. The number of rotatable bonds is 5. The average Bonchev–Trinajstić information content (AvgIpc) is 3.20. The Morgan fingerprint density at radius 2 is 2.20 bits per heavy atom. The second-order valence-electron chi connectivity index (χ2n) is 5.22. The van der Waals surface area contributed by atoms with Crippen molar-refractivity contribution in [3.63, 3.8) is 0 Å². The molecule has 1 aliphatic rings. The SMILES string of the molecule is CC(NCc1sc2ccccc2c1Cl)C(=O)NC1CC1. The first-order valence-corrected chi connectivity index (χ1v) is 8.04. The van der Waals surface area contributed by atoms with E-state index in [0.717, 1.165) is 28.1 Å². The summed E-state index contributed by atoms with van der Waals surface area (Å²) in [5.41, 5.74) is 0. The Morgan fingerprint density at radius 3 is 2.90 bits per heavy atom. The number of carbonyl (C=O) groups excluding carboxylic acids is 1. The van der Waals surface area contributed by atoms with Crippen LogP contribution in [-0.2, 0) is 11.3 Å². The molecule has 2 N–H and O–H groups in total. The third-order valence-corrected chi connectivity index (χ3v) is 5.20. The normalized spacial score (nSPS) is 16.3. The van der Waals surface area contributed by atoms with Crippen LogP contribution in [0.3, 0.4) is 0 Å². The molecule has 0 saturated heterocycles. The zero-order chi connectivity index (χ0) is 14.1. The number of thiophene rings is 1. The van der Waals surface area contributed by atoms with Gasteiger partial charge in [0.1, 0.15) is 0 Å². The molecule has 3 rings (SSSR count). The van der Waals surface area contributed by atoms with Crippen molar-refractivity contribution in [1.82, 2.24) is 10.6 Å². The largest absolute Gasteiger partial charge is 0.352 e. The van der Waals surface area contributed by atoms with Gasteiger partial charge >= 0.3 is 0 Å². The minimum atomic E-state index is -0.197. The third-order valence-electron chi connectivity index (χ3n) is 3.49. The molecule has 2 aromatic rings. The second-order valence-corrected chi connectivity index (χ2v) is 6.74. The molecule has 106 valence electrons. The summed E-state index contributed by atoms with van der Waals surface area (Å²) in [6.45, 7) is 2.51. The van der Waals surface area contributed by atoms with Crippen LogP contribution in [0.25, 0.3) is 10.1 Å². The van der Waals surface area contributed by atoms with Gasteiger partial charge in [-0.3, -0.25) is 4.79 Å². The number of amides is 1. The minimum Gasteiger partial charge on any atom is -0.352 e. The van der Waals surface area contributed by atoms with E-state index in [1.54, 1.807) is 11.3 Å². The Balaban J connectivity index is 1.64. The van der Waals surface area contributed by atoms with Crippen molar-refractivity contribution in [2.45, 2.75) is 38.4 Å². The summed E-state index contributed by atoms with van der Waals surface area (Å²) in [5.74, 6) is 0.0738. The maximum absolute atomic E-state index is 11.9. The van der Waals surface area contributed by atoms with E-state index in [2.05, 4.69) is 16.7 Å². The summed E-state index contributed by atoms with van der Waals surface area (Å²) >= 11 is 8.06. The van der Waals surface area contributed by atoms with Crippen LogP contribution in [0, 0.1) is 0 Å². The minimum absolute atomic E-state index is 0.0738. The number of carbonyl (C=O) groups is 1. The Morgan fingerprint density at radius 1 is 1.45 bits per heavy atom. The van der Waals surface area contributed by atoms with E-state index < -0.39 is 0 Å². The summed E-state index contributed by atoms with van der Waals surface area (Å²) in [4.78, 5) is 13.0. The Kier molecular flexibility index (Phi) is 3.96. The van der Waals surface area contributed by atoms with Crippen molar-refractivity contribution in [3.8, 4) is 0 Å². The number of benzene rings is 1. The van der Waals surface area contributed by atoms with Crippen LogP contribution in [-0.4, -0.2) is 18.0 Å². The third kappa shape index (κ3) is 2.97. The molecule has 1 amide bonds. The van der Waals surface area contributed by atoms with Crippen molar-refractivity contribution < 1.29 is 4.79 Å². The lowest BCUT2D eigenvalue weighted by Gasteiger charge is -2.13. The highest BCUT2D eigenvalue weighted by Gasteiger charge is 2.25. The topological polar surface area (TPSA) is 41.1 Å². The van der Waals surface area contributed by atoms with Gasteiger partial charge in [-0.2, -0.15) is 0 Å². The maximum Gasteiger partial charge on any atom is 0.237 e. The first-order chi connectivity index (χ1) is 9.65. The van der Waals surface area contributed by atoms with Crippen LogP contribution in [0.2, 0.25) is 5.02 Å². The molecular weight excluding hydrogens is 292 g/mol. The van der Waals surface area contributed by atoms with Crippen LogP contribution in [0.15, 0.2) is 24.3 Å². The van der Waals surface area contributed by atoms with Crippen LogP contribution >= 0.6 is 22.9 Å². The van der Waals surface area contributed by atoms with E-state index in [1.165, 1.54) is 4.70 Å². The molecule has 0 bridgehead atoms. The van der Waals surface area contributed by atoms with Crippen molar-refractivity contribution in [2.24, 2.45) is 0 Å². The molecule has 1 aromatic heterocycles. The molecule has 1 aromatic carbocycles. The molecule has 5 heteroatoms. The molecule has 1 fully saturated rings. The lowest BCUT2D eigenvalue weighted by Crippen LogP contribution is -2.42. The molecule has 0 spiro atoms.